The standard InChI is InChI=1S/C47H30O/c1-47(2)40-17-8-7-14-37(40)44-34-16-9-15-30(33(34)20-22-41(44)47)29-18-19-36-38(25-29)32-13-6-5-12-31(32)35-21-23-42-46(45(35)36)39-24-27-10-3-4-11-28(27)26-43(39)48-42/h3-26H,1-2H3. The maximum Gasteiger partial charge on any atom is 0.136 e. The normalized spacial score (nSPS) is 13.8. The first-order valence-electron chi connectivity index (χ1n) is 16.8. The van der Waals surface area contributed by atoms with E-state index in [1.807, 2.05) is 0 Å². The SMILES string of the molecule is CC1(C)c2ccccc2-c2c1ccc1c(-c3ccc4c(c3)c3ccccc3c3ccc5oc6cc7ccccc7cc6c5c34)cccc21. The molecule has 1 heteroatoms. The molecule has 0 atom stereocenters. The summed E-state index contributed by atoms with van der Waals surface area (Å²) in [5.74, 6) is 0. The summed E-state index contributed by atoms with van der Waals surface area (Å²) in [5.41, 5.74) is 9.91. The smallest absolute Gasteiger partial charge is 0.136 e. The van der Waals surface area contributed by atoms with E-state index < -0.39 is 0 Å². The molecule has 1 heterocycles. The molecule has 224 valence electrons. The first kappa shape index (κ1) is 26.2. The van der Waals surface area contributed by atoms with Crippen molar-refractivity contribution in [3.05, 3.63) is 157 Å². The van der Waals surface area contributed by atoms with Crippen LogP contribution in [-0.4, -0.2) is 0 Å². The molecule has 1 aromatic heterocycles. The van der Waals surface area contributed by atoms with Crippen LogP contribution in [0.25, 0.3) is 98.1 Å². The first-order chi connectivity index (χ1) is 23.6. The maximum absolute atomic E-state index is 6.55. The Bertz CT molecular complexity index is 3030. The van der Waals surface area contributed by atoms with Crippen LogP contribution in [0.1, 0.15) is 25.0 Å². The summed E-state index contributed by atoms with van der Waals surface area (Å²) in [6.07, 6.45) is 0. The average Bonchev–Trinajstić information content (AvgIpc) is 3.61. The lowest BCUT2D eigenvalue weighted by Crippen LogP contribution is -2.14. The number of benzene rings is 9. The predicted molar refractivity (Wildman–Crippen MR) is 204 cm³/mol. The van der Waals surface area contributed by atoms with Crippen molar-refractivity contribution in [1.29, 1.82) is 0 Å². The average molecular weight is 611 g/mol. The van der Waals surface area contributed by atoms with Gasteiger partial charge in [-0.15, -0.1) is 0 Å². The molecule has 0 radical (unpaired) electrons. The fourth-order valence-electron chi connectivity index (χ4n) is 8.98. The molecule has 0 fully saturated rings. The fraction of sp³-hybridized carbons (Fsp3) is 0.0638. The van der Waals surface area contributed by atoms with E-state index in [1.54, 1.807) is 0 Å². The Hall–Kier alpha value is -5.92. The topological polar surface area (TPSA) is 13.1 Å². The lowest BCUT2D eigenvalue weighted by Gasteiger charge is -2.21. The Morgan fingerprint density at radius 2 is 1.06 bits per heavy atom. The molecule has 1 nitrogen and oxygen atoms in total. The van der Waals surface area contributed by atoms with Crippen molar-refractivity contribution >= 4 is 75.8 Å². The van der Waals surface area contributed by atoms with E-state index in [-0.39, 0.29) is 5.41 Å². The Kier molecular flexibility index (Phi) is 4.97. The lowest BCUT2D eigenvalue weighted by atomic mass is 9.81. The van der Waals surface area contributed by atoms with Gasteiger partial charge < -0.3 is 4.42 Å². The van der Waals surface area contributed by atoms with Gasteiger partial charge in [0, 0.05) is 21.6 Å². The molecule has 0 bridgehead atoms. The van der Waals surface area contributed by atoms with Gasteiger partial charge in [0.1, 0.15) is 11.2 Å². The molecule has 10 aromatic rings. The van der Waals surface area contributed by atoms with Crippen molar-refractivity contribution in [3.8, 4) is 22.3 Å². The van der Waals surface area contributed by atoms with Crippen LogP contribution in [-0.2, 0) is 5.41 Å². The molecule has 1 aliphatic carbocycles. The maximum atomic E-state index is 6.55. The zero-order valence-corrected chi connectivity index (χ0v) is 26.8. The summed E-state index contributed by atoms with van der Waals surface area (Å²) in [7, 11) is 0. The van der Waals surface area contributed by atoms with Gasteiger partial charge in [-0.05, 0) is 112 Å². The third-order valence-electron chi connectivity index (χ3n) is 11.2. The van der Waals surface area contributed by atoms with Gasteiger partial charge in [-0.1, -0.05) is 129 Å². The Labute approximate surface area is 277 Å². The van der Waals surface area contributed by atoms with Crippen molar-refractivity contribution in [3.63, 3.8) is 0 Å². The highest BCUT2D eigenvalue weighted by Gasteiger charge is 2.36. The van der Waals surface area contributed by atoms with Gasteiger partial charge in [0.25, 0.3) is 0 Å². The third-order valence-corrected chi connectivity index (χ3v) is 11.2. The van der Waals surface area contributed by atoms with Gasteiger partial charge in [0.15, 0.2) is 0 Å². The van der Waals surface area contributed by atoms with E-state index in [1.165, 1.54) is 98.0 Å². The van der Waals surface area contributed by atoms with Crippen LogP contribution in [0.5, 0.6) is 0 Å². The molecule has 0 saturated heterocycles. The van der Waals surface area contributed by atoms with E-state index in [9.17, 15) is 0 Å². The van der Waals surface area contributed by atoms with Crippen molar-refractivity contribution in [2.24, 2.45) is 0 Å². The minimum absolute atomic E-state index is 0.0199. The van der Waals surface area contributed by atoms with E-state index in [0.717, 1.165) is 11.2 Å². The number of hydrogen-bond donors (Lipinski definition) is 0. The van der Waals surface area contributed by atoms with Gasteiger partial charge in [0.05, 0.1) is 0 Å². The van der Waals surface area contributed by atoms with E-state index >= 15 is 0 Å². The van der Waals surface area contributed by atoms with Crippen molar-refractivity contribution in [2.45, 2.75) is 19.3 Å². The molecular formula is C47H30O. The van der Waals surface area contributed by atoms with Gasteiger partial charge in [0.2, 0.25) is 0 Å². The van der Waals surface area contributed by atoms with Crippen molar-refractivity contribution in [1.82, 2.24) is 0 Å². The molecule has 1 aliphatic rings. The Morgan fingerprint density at radius 3 is 1.94 bits per heavy atom. The Morgan fingerprint density at radius 1 is 0.396 bits per heavy atom. The molecule has 0 N–H and O–H groups in total. The molecule has 0 aliphatic heterocycles. The predicted octanol–water partition coefficient (Wildman–Crippen LogP) is 13.3. The third kappa shape index (κ3) is 3.31. The summed E-state index contributed by atoms with van der Waals surface area (Å²) >= 11 is 0. The summed E-state index contributed by atoms with van der Waals surface area (Å²) in [5, 5.41) is 15.0. The molecule has 11 rings (SSSR count). The van der Waals surface area contributed by atoms with Crippen LogP contribution in [0.3, 0.4) is 0 Å². The quantitative estimate of drug-likeness (QED) is 0.169. The largest absolute Gasteiger partial charge is 0.456 e. The molecule has 0 unspecified atom stereocenters. The summed E-state index contributed by atoms with van der Waals surface area (Å²) in [6, 6.07) is 53.9. The fourth-order valence-corrected chi connectivity index (χ4v) is 8.98. The van der Waals surface area contributed by atoms with Gasteiger partial charge in [-0.3, -0.25) is 0 Å². The highest BCUT2D eigenvalue weighted by molar-refractivity contribution is 6.35. The van der Waals surface area contributed by atoms with Crippen LogP contribution in [0.4, 0.5) is 0 Å². The number of rotatable bonds is 1. The van der Waals surface area contributed by atoms with Gasteiger partial charge >= 0.3 is 0 Å². The van der Waals surface area contributed by atoms with Crippen LogP contribution in [0.15, 0.2) is 150 Å². The van der Waals surface area contributed by atoms with Crippen LogP contribution >= 0.6 is 0 Å². The molecule has 0 saturated carbocycles. The van der Waals surface area contributed by atoms with Crippen LogP contribution in [0.2, 0.25) is 0 Å². The zero-order chi connectivity index (χ0) is 31.7. The molecular weight excluding hydrogens is 581 g/mol. The van der Waals surface area contributed by atoms with E-state index in [2.05, 4.69) is 159 Å². The van der Waals surface area contributed by atoms with E-state index in [4.69, 9.17) is 4.42 Å². The van der Waals surface area contributed by atoms with Crippen LogP contribution in [0, 0.1) is 0 Å². The summed E-state index contributed by atoms with van der Waals surface area (Å²) in [4.78, 5) is 0. The van der Waals surface area contributed by atoms with E-state index in [0.29, 0.717) is 0 Å². The molecule has 0 amide bonds. The van der Waals surface area contributed by atoms with Gasteiger partial charge in [-0.25, -0.2) is 0 Å². The monoisotopic (exact) mass is 610 g/mol. The lowest BCUT2D eigenvalue weighted by molar-refractivity contribution is 0.661. The molecule has 0 spiro atoms. The summed E-state index contributed by atoms with van der Waals surface area (Å²) < 4.78 is 6.55. The Balaban J connectivity index is 1.23. The first-order valence-corrected chi connectivity index (χ1v) is 16.8. The second-order valence-corrected chi connectivity index (χ2v) is 14.0. The minimum Gasteiger partial charge on any atom is -0.456 e. The number of hydrogen-bond acceptors (Lipinski definition) is 1. The zero-order valence-electron chi connectivity index (χ0n) is 26.8. The molecule has 48 heavy (non-hydrogen) atoms. The van der Waals surface area contributed by atoms with Gasteiger partial charge in [-0.2, -0.15) is 0 Å². The summed E-state index contributed by atoms with van der Waals surface area (Å²) in [6.45, 7) is 4.71. The highest BCUT2D eigenvalue weighted by atomic mass is 16.3. The minimum atomic E-state index is -0.0199. The second-order valence-electron chi connectivity index (χ2n) is 14.0. The molecule has 9 aromatic carbocycles. The van der Waals surface area contributed by atoms with Crippen molar-refractivity contribution in [2.75, 3.05) is 0 Å². The van der Waals surface area contributed by atoms with Crippen LogP contribution < -0.4 is 0 Å². The van der Waals surface area contributed by atoms with Crippen molar-refractivity contribution < 1.29 is 4.42 Å². The number of furan rings is 1. The number of fused-ring (bicyclic) bond motifs is 16. The second kappa shape index (κ2) is 9.12. The highest BCUT2D eigenvalue weighted by Crippen LogP contribution is 2.52.